The number of nitrogens with zero attached hydrogens (tertiary/aromatic N) is 2. The molecule has 2 fully saturated rings. The molecule has 7 nitrogen and oxygen atoms in total. The zero-order chi connectivity index (χ0) is 15.6. The highest BCUT2D eigenvalue weighted by atomic mass is 32.1. The maximum atomic E-state index is 12.1. The molecule has 0 atom stereocenters. The van der Waals surface area contributed by atoms with E-state index in [2.05, 4.69) is 15.5 Å². The fourth-order valence-corrected chi connectivity index (χ4v) is 3.20. The number of hydrogen-bond acceptors (Lipinski definition) is 8. The van der Waals surface area contributed by atoms with Gasteiger partial charge in [-0.1, -0.05) is 24.7 Å². The van der Waals surface area contributed by atoms with Crippen LogP contribution in [0.25, 0.3) is 0 Å². The zero-order valence-electron chi connectivity index (χ0n) is 12.3. The van der Waals surface area contributed by atoms with E-state index in [-0.39, 0.29) is 5.57 Å². The van der Waals surface area contributed by atoms with Gasteiger partial charge in [0.25, 0.3) is 5.79 Å². The van der Waals surface area contributed by atoms with Gasteiger partial charge in [0.2, 0.25) is 5.13 Å². The average Bonchev–Trinajstić information content (AvgIpc) is 2.95. The minimum atomic E-state index is -1.05. The molecule has 1 aliphatic carbocycles. The Morgan fingerprint density at radius 3 is 2.45 bits per heavy atom. The van der Waals surface area contributed by atoms with Crippen LogP contribution in [0.2, 0.25) is 0 Å². The molecule has 1 spiro atoms. The number of rotatable bonds is 3. The van der Waals surface area contributed by atoms with Crippen molar-refractivity contribution in [3.05, 3.63) is 16.8 Å². The van der Waals surface area contributed by atoms with Crippen LogP contribution in [0.15, 0.2) is 11.8 Å². The molecule has 2 aliphatic rings. The molecule has 2 heterocycles. The van der Waals surface area contributed by atoms with Crippen LogP contribution < -0.4 is 5.32 Å². The first-order valence-corrected chi connectivity index (χ1v) is 8.19. The van der Waals surface area contributed by atoms with Crippen molar-refractivity contribution in [1.29, 1.82) is 0 Å². The second kappa shape index (κ2) is 6.04. The molecule has 1 saturated carbocycles. The third kappa shape index (κ3) is 2.96. The molecule has 0 bridgehead atoms. The third-order valence-corrected chi connectivity index (χ3v) is 4.72. The lowest BCUT2D eigenvalue weighted by Crippen LogP contribution is -2.47. The van der Waals surface area contributed by atoms with E-state index in [4.69, 9.17) is 9.47 Å². The van der Waals surface area contributed by atoms with E-state index in [0.717, 1.165) is 30.7 Å². The number of nitrogens with one attached hydrogen (secondary N) is 1. The number of aryl methyl sites for hydroxylation is 1. The number of hydrogen-bond donors (Lipinski definition) is 1. The summed E-state index contributed by atoms with van der Waals surface area (Å²) in [6.45, 7) is 1.97. The van der Waals surface area contributed by atoms with Crippen LogP contribution >= 0.6 is 11.3 Å². The van der Waals surface area contributed by atoms with Gasteiger partial charge in [0, 0.05) is 19.0 Å². The number of ether oxygens (including phenoxy) is 2. The van der Waals surface area contributed by atoms with Crippen LogP contribution in [0, 0.1) is 0 Å². The lowest BCUT2D eigenvalue weighted by Gasteiger charge is -2.38. The molecular weight excluding hydrogens is 306 g/mol. The fourth-order valence-electron chi connectivity index (χ4n) is 2.55. The van der Waals surface area contributed by atoms with Crippen LogP contribution in [0.1, 0.15) is 44.0 Å². The Hall–Kier alpha value is -1.96. The first kappa shape index (κ1) is 15.0. The van der Waals surface area contributed by atoms with Crippen LogP contribution in [0.3, 0.4) is 0 Å². The minimum absolute atomic E-state index is 0.149. The molecule has 3 rings (SSSR count). The first-order chi connectivity index (χ1) is 10.6. The molecule has 0 aromatic carbocycles. The van der Waals surface area contributed by atoms with Crippen LogP contribution in [-0.2, 0) is 25.5 Å². The number of carbonyl (C=O) groups is 2. The highest BCUT2D eigenvalue weighted by Gasteiger charge is 2.46. The Morgan fingerprint density at radius 2 is 1.86 bits per heavy atom. The topological polar surface area (TPSA) is 90.4 Å². The van der Waals surface area contributed by atoms with Crippen molar-refractivity contribution < 1.29 is 19.1 Å². The smallest absolute Gasteiger partial charge is 0.350 e. The Balaban J connectivity index is 1.70. The third-order valence-electron chi connectivity index (χ3n) is 3.72. The molecule has 22 heavy (non-hydrogen) atoms. The van der Waals surface area contributed by atoms with Gasteiger partial charge in [-0.3, -0.25) is 0 Å². The van der Waals surface area contributed by atoms with E-state index in [9.17, 15) is 9.59 Å². The summed E-state index contributed by atoms with van der Waals surface area (Å²) in [5.74, 6) is -2.35. The van der Waals surface area contributed by atoms with Crippen molar-refractivity contribution in [3.8, 4) is 0 Å². The first-order valence-electron chi connectivity index (χ1n) is 7.38. The van der Waals surface area contributed by atoms with Gasteiger partial charge >= 0.3 is 11.9 Å². The fraction of sp³-hybridized carbons (Fsp3) is 0.571. The molecule has 1 aromatic rings. The van der Waals surface area contributed by atoms with Gasteiger partial charge in [-0.15, -0.1) is 10.2 Å². The maximum Gasteiger partial charge on any atom is 0.350 e. The summed E-state index contributed by atoms with van der Waals surface area (Å²) in [5.41, 5.74) is -0.149. The molecule has 1 aliphatic heterocycles. The standard InChI is InChI=1S/C14H17N3O4S/c1-2-10-16-17-13(22-10)15-8-9-11(18)20-14(21-12(9)19)6-4-3-5-7-14/h8H,2-7H2,1H3,(H,15,17). The number of esters is 2. The second-order valence-electron chi connectivity index (χ2n) is 5.31. The molecule has 118 valence electrons. The predicted molar refractivity (Wildman–Crippen MR) is 79.0 cm³/mol. The Bertz CT molecular complexity index is 597. The van der Waals surface area contributed by atoms with Crippen molar-refractivity contribution in [2.75, 3.05) is 5.32 Å². The molecule has 1 saturated heterocycles. The SMILES string of the molecule is CCc1nnc(NC=C2C(=O)OC3(CCCCC3)OC2=O)s1. The van der Waals surface area contributed by atoms with E-state index in [1.54, 1.807) is 0 Å². The Kier molecular flexibility index (Phi) is 4.10. The monoisotopic (exact) mass is 323 g/mol. The lowest BCUT2D eigenvalue weighted by molar-refractivity contribution is -0.244. The van der Waals surface area contributed by atoms with Crippen molar-refractivity contribution in [2.24, 2.45) is 0 Å². The summed E-state index contributed by atoms with van der Waals surface area (Å²) in [6, 6.07) is 0. The van der Waals surface area contributed by atoms with E-state index in [1.807, 2.05) is 6.92 Å². The summed E-state index contributed by atoms with van der Waals surface area (Å²) in [4.78, 5) is 24.2. The zero-order valence-corrected chi connectivity index (χ0v) is 13.1. The van der Waals surface area contributed by atoms with E-state index < -0.39 is 17.7 Å². The van der Waals surface area contributed by atoms with Gasteiger partial charge in [0.05, 0.1) is 0 Å². The van der Waals surface area contributed by atoms with Crippen LogP contribution in [-0.4, -0.2) is 27.9 Å². The van der Waals surface area contributed by atoms with Gasteiger partial charge in [-0.2, -0.15) is 0 Å². The number of anilines is 1. The van der Waals surface area contributed by atoms with Gasteiger partial charge in [-0.05, 0) is 19.3 Å². The van der Waals surface area contributed by atoms with Crippen molar-refractivity contribution >= 4 is 28.4 Å². The Morgan fingerprint density at radius 1 is 1.18 bits per heavy atom. The Labute approximate surface area is 131 Å². The molecular formula is C14H17N3O4S. The van der Waals surface area contributed by atoms with Crippen LogP contribution in [0.4, 0.5) is 5.13 Å². The number of carbonyl (C=O) groups excluding carboxylic acids is 2. The lowest BCUT2D eigenvalue weighted by atomic mass is 9.93. The van der Waals surface area contributed by atoms with E-state index in [0.29, 0.717) is 18.0 Å². The van der Waals surface area contributed by atoms with Crippen LogP contribution in [0.5, 0.6) is 0 Å². The maximum absolute atomic E-state index is 12.1. The van der Waals surface area contributed by atoms with Crippen molar-refractivity contribution in [2.45, 2.75) is 51.2 Å². The number of aromatic nitrogens is 2. The summed E-state index contributed by atoms with van der Waals surface area (Å²) in [6.07, 6.45) is 6.05. The van der Waals surface area contributed by atoms with Crippen molar-refractivity contribution in [1.82, 2.24) is 10.2 Å². The summed E-state index contributed by atoms with van der Waals surface area (Å²) < 4.78 is 10.8. The quantitative estimate of drug-likeness (QED) is 0.518. The molecule has 8 heteroatoms. The minimum Gasteiger partial charge on any atom is -0.419 e. The van der Waals surface area contributed by atoms with Gasteiger partial charge in [0.15, 0.2) is 5.57 Å². The second-order valence-corrected chi connectivity index (χ2v) is 6.37. The summed E-state index contributed by atoms with van der Waals surface area (Å²) in [7, 11) is 0. The average molecular weight is 323 g/mol. The van der Waals surface area contributed by atoms with E-state index >= 15 is 0 Å². The normalized spacial score (nSPS) is 20.5. The van der Waals surface area contributed by atoms with Gasteiger partial charge in [-0.25, -0.2) is 9.59 Å². The molecule has 0 amide bonds. The molecule has 1 N–H and O–H groups in total. The van der Waals surface area contributed by atoms with Gasteiger partial charge < -0.3 is 14.8 Å². The predicted octanol–water partition coefficient (Wildman–Crippen LogP) is 2.16. The highest BCUT2D eigenvalue weighted by Crippen LogP contribution is 2.36. The highest BCUT2D eigenvalue weighted by molar-refractivity contribution is 7.15. The summed E-state index contributed by atoms with van der Waals surface area (Å²) >= 11 is 1.36. The summed E-state index contributed by atoms with van der Waals surface area (Å²) in [5, 5.41) is 12.1. The molecule has 0 unspecified atom stereocenters. The van der Waals surface area contributed by atoms with Gasteiger partial charge in [0.1, 0.15) is 5.01 Å². The van der Waals surface area contributed by atoms with E-state index in [1.165, 1.54) is 17.5 Å². The molecule has 0 radical (unpaired) electrons. The van der Waals surface area contributed by atoms with Crippen molar-refractivity contribution in [3.63, 3.8) is 0 Å². The molecule has 1 aromatic heterocycles. The largest absolute Gasteiger partial charge is 0.419 e.